The summed E-state index contributed by atoms with van der Waals surface area (Å²) in [7, 11) is 0. The number of alkyl halides is 3. The van der Waals surface area contributed by atoms with E-state index >= 15 is 0 Å². The van der Waals surface area contributed by atoms with Gasteiger partial charge in [-0.25, -0.2) is 4.79 Å². The zero-order valence-corrected chi connectivity index (χ0v) is 15.6. The van der Waals surface area contributed by atoms with Crippen LogP contribution in [0.3, 0.4) is 0 Å². The first-order valence-corrected chi connectivity index (χ1v) is 8.92. The summed E-state index contributed by atoms with van der Waals surface area (Å²) in [6.45, 7) is 2.85. The van der Waals surface area contributed by atoms with Crippen LogP contribution in [-0.2, 0) is 4.79 Å². The number of pyridine rings is 1. The van der Waals surface area contributed by atoms with Gasteiger partial charge in [0.2, 0.25) is 0 Å². The van der Waals surface area contributed by atoms with Gasteiger partial charge in [-0.1, -0.05) is 0 Å². The number of carbonyl (C=O) groups excluding carboxylic acids is 2. The lowest BCUT2D eigenvalue weighted by Gasteiger charge is -2.47. The molecule has 4 rings (SSSR count). The lowest BCUT2D eigenvalue weighted by Crippen LogP contribution is -2.59. The van der Waals surface area contributed by atoms with E-state index in [1.165, 1.54) is 12.5 Å². The number of aromatic nitrogens is 1. The highest BCUT2D eigenvalue weighted by Gasteiger charge is 2.50. The van der Waals surface area contributed by atoms with Crippen LogP contribution in [0.2, 0.25) is 0 Å². The molecule has 2 fully saturated rings. The van der Waals surface area contributed by atoms with Crippen molar-refractivity contribution in [1.82, 2.24) is 14.8 Å². The number of hydrogen-bond acceptors (Lipinski definition) is 5. The molecule has 1 spiro atoms. The van der Waals surface area contributed by atoms with Crippen LogP contribution < -0.4 is 0 Å². The van der Waals surface area contributed by atoms with Crippen molar-refractivity contribution in [2.75, 3.05) is 26.2 Å². The van der Waals surface area contributed by atoms with E-state index in [0.717, 1.165) is 13.0 Å². The molecule has 0 unspecified atom stereocenters. The van der Waals surface area contributed by atoms with Crippen molar-refractivity contribution in [3.63, 3.8) is 0 Å². The predicted molar refractivity (Wildman–Crippen MR) is 95.5 cm³/mol. The first-order valence-electron chi connectivity index (χ1n) is 8.92. The van der Waals surface area contributed by atoms with Crippen LogP contribution in [0.1, 0.15) is 27.1 Å². The third kappa shape index (κ3) is 4.61. The van der Waals surface area contributed by atoms with Crippen LogP contribution in [0.4, 0.5) is 13.2 Å². The van der Waals surface area contributed by atoms with Crippen LogP contribution in [0.15, 0.2) is 47.5 Å². The minimum absolute atomic E-state index is 0.00131. The van der Waals surface area contributed by atoms with Gasteiger partial charge in [0.05, 0.1) is 17.4 Å². The molecule has 2 aliphatic rings. The molecular weight excluding hydrogens is 407 g/mol. The molecule has 2 amide bonds. The van der Waals surface area contributed by atoms with Gasteiger partial charge >= 0.3 is 12.1 Å². The normalized spacial score (nSPS) is 17.2. The Morgan fingerprint density at radius 3 is 2.23 bits per heavy atom. The highest BCUT2D eigenvalue weighted by molar-refractivity contribution is 5.95. The third-order valence-corrected chi connectivity index (χ3v) is 4.98. The van der Waals surface area contributed by atoms with Gasteiger partial charge in [0.25, 0.3) is 11.8 Å². The molecule has 0 aliphatic carbocycles. The van der Waals surface area contributed by atoms with Crippen molar-refractivity contribution in [3.05, 3.63) is 54.2 Å². The number of carboxylic acid groups (broad SMARTS) is 1. The fourth-order valence-electron chi connectivity index (χ4n) is 3.51. The van der Waals surface area contributed by atoms with Gasteiger partial charge in [-0.15, -0.1) is 0 Å². The molecule has 30 heavy (non-hydrogen) atoms. The van der Waals surface area contributed by atoms with Gasteiger partial charge in [-0.05, 0) is 24.6 Å². The van der Waals surface area contributed by atoms with Crippen LogP contribution in [0.5, 0.6) is 0 Å². The topological polar surface area (TPSA) is 104 Å². The number of amides is 2. The summed E-state index contributed by atoms with van der Waals surface area (Å²) in [5.74, 6) is -2.73. The van der Waals surface area contributed by atoms with Crippen LogP contribution in [-0.4, -0.2) is 70.0 Å². The van der Waals surface area contributed by atoms with Gasteiger partial charge < -0.3 is 19.3 Å². The van der Waals surface area contributed by atoms with E-state index in [1.807, 2.05) is 9.80 Å². The predicted octanol–water partition coefficient (Wildman–Crippen LogP) is 2.30. The zero-order valence-electron chi connectivity index (χ0n) is 15.6. The number of carbonyl (C=O) groups is 3. The number of furan rings is 1. The maximum Gasteiger partial charge on any atom is 0.490 e. The highest BCUT2D eigenvalue weighted by Crippen LogP contribution is 2.40. The van der Waals surface area contributed by atoms with Crippen molar-refractivity contribution in [2.24, 2.45) is 5.41 Å². The van der Waals surface area contributed by atoms with Gasteiger partial charge in [-0.3, -0.25) is 14.6 Å². The number of nitrogens with zero attached hydrogens (tertiary/aromatic N) is 3. The third-order valence-electron chi connectivity index (χ3n) is 4.98. The Hall–Kier alpha value is -3.37. The summed E-state index contributed by atoms with van der Waals surface area (Å²) in [6.07, 6.45) is 2.09. The molecule has 0 aromatic carbocycles. The molecule has 2 saturated heterocycles. The van der Waals surface area contributed by atoms with Crippen LogP contribution >= 0.6 is 0 Å². The molecule has 0 radical (unpaired) electrons. The van der Waals surface area contributed by atoms with Gasteiger partial charge in [0.1, 0.15) is 6.26 Å². The van der Waals surface area contributed by atoms with Gasteiger partial charge in [0.15, 0.2) is 0 Å². The summed E-state index contributed by atoms with van der Waals surface area (Å²) >= 11 is 0. The van der Waals surface area contributed by atoms with E-state index < -0.39 is 12.1 Å². The Kier molecular flexibility index (Phi) is 5.81. The Labute approximate surface area is 168 Å². The standard InChI is InChI=1S/C17H17N3O3.C2HF3O2/c21-15(13-2-1-5-18-8-13)19-6-4-17(10-19)11-20(12-17)16(22)14-3-7-23-9-14;3-2(4,5)1(6)7/h1-3,5,7-9H,4,6,10-12H2;(H,6,7). The average molecular weight is 425 g/mol. The fraction of sp³-hybridized carbons (Fsp3) is 0.368. The Bertz CT molecular complexity index is 909. The SMILES string of the molecule is O=C(O)C(F)(F)F.O=C(c1cccnc1)N1CCC2(C1)CN(C(=O)c1ccoc1)C2. The van der Waals surface area contributed by atoms with E-state index in [-0.39, 0.29) is 17.2 Å². The Morgan fingerprint density at radius 1 is 1.07 bits per heavy atom. The molecular formula is C19H18F3N3O5. The molecule has 2 aromatic heterocycles. The number of halogens is 3. The molecule has 0 bridgehead atoms. The first kappa shape index (κ1) is 21.3. The van der Waals surface area contributed by atoms with Crippen molar-refractivity contribution < 1.29 is 37.1 Å². The van der Waals surface area contributed by atoms with Crippen molar-refractivity contribution in [2.45, 2.75) is 12.6 Å². The second-order valence-electron chi connectivity index (χ2n) is 7.19. The second kappa shape index (κ2) is 8.17. The first-order chi connectivity index (χ1) is 14.1. The Morgan fingerprint density at radius 2 is 1.70 bits per heavy atom. The number of aliphatic carboxylic acids is 1. The summed E-state index contributed by atoms with van der Waals surface area (Å²) in [5.41, 5.74) is 1.26. The molecule has 4 heterocycles. The van der Waals surface area contributed by atoms with Crippen molar-refractivity contribution in [1.29, 1.82) is 0 Å². The summed E-state index contributed by atoms with van der Waals surface area (Å²) in [6, 6.07) is 5.24. The molecule has 160 valence electrons. The van der Waals surface area contributed by atoms with Gasteiger partial charge in [-0.2, -0.15) is 13.2 Å². The molecule has 11 heteroatoms. The fourth-order valence-corrected chi connectivity index (χ4v) is 3.51. The number of rotatable bonds is 2. The van der Waals surface area contributed by atoms with E-state index in [2.05, 4.69) is 4.98 Å². The molecule has 8 nitrogen and oxygen atoms in total. The van der Waals surface area contributed by atoms with Crippen LogP contribution in [0, 0.1) is 5.41 Å². The van der Waals surface area contributed by atoms with E-state index in [0.29, 0.717) is 30.8 Å². The number of carboxylic acids is 1. The van der Waals surface area contributed by atoms with E-state index in [9.17, 15) is 22.8 Å². The zero-order chi connectivity index (χ0) is 21.9. The molecule has 0 saturated carbocycles. The largest absolute Gasteiger partial charge is 0.490 e. The van der Waals surface area contributed by atoms with Crippen molar-refractivity contribution in [3.8, 4) is 0 Å². The Balaban J connectivity index is 0.000000318. The molecule has 2 aliphatic heterocycles. The summed E-state index contributed by atoms with van der Waals surface area (Å²) in [5, 5.41) is 7.12. The molecule has 1 N–H and O–H groups in total. The minimum atomic E-state index is -5.08. The van der Waals surface area contributed by atoms with Crippen molar-refractivity contribution >= 4 is 17.8 Å². The smallest absolute Gasteiger partial charge is 0.475 e. The second-order valence-corrected chi connectivity index (χ2v) is 7.19. The lowest BCUT2D eigenvalue weighted by molar-refractivity contribution is -0.192. The monoisotopic (exact) mass is 425 g/mol. The van der Waals surface area contributed by atoms with E-state index in [4.69, 9.17) is 14.3 Å². The molecule has 0 atom stereocenters. The quantitative estimate of drug-likeness (QED) is 0.792. The lowest BCUT2D eigenvalue weighted by atomic mass is 9.79. The summed E-state index contributed by atoms with van der Waals surface area (Å²) < 4.78 is 36.7. The summed E-state index contributed by atoms with van der Waals surface area (Å²) in [4.78, 5) is 41.3. The van der Waals surface area contributed by atoms with Gasteiger partial charge in [0, 0.05) is 44.0 Å². The number of likely N-dealkylation sites (tertiary alicyclic amines) is 2. The van der Waals surface area contributed by atoms with Crippen LogP contribution in [0.25, 0.3) is 0 Å². The number of hydrogen-bond donors (Lipinski definition) is 1. The van der Waals surface area contributed by atoms with E-state index in [1.54, 1.807) is 30.6 Å². The maximum absolute atomic E-state index is 12.5. The minimum Gasteiger partial charge on any atom is -0.475 e. The average Bonchev–Trinajstić information content (AvgIpc) is 3.36. The highest BCUT2D eigenvalue weighted by atomic mass is 19.4. The maximum atomic E-state index is 12.5. The molecule has 2 aromatic rings.